The van der Waals surface area contributed by atoms with Gasteiger partial charge < -0.3 is 10.2 Å². The first-order valence-electron chi connectivity index (χ1n) is 6.64. The molecule has 1 amide bonds. The third-order valence-electron chi connectivity index (χ3n) is 2.82. The summed E-state index contributed by atoms with van der Waals surface area (Å²) in [5.41, 5.74) is 1.30. The first-order valence-corrected chi connectivity index (χ1v) is 6.64. The van der Waals surface area contributed by atoms with Crippen LogP contribution in [0, 0.1) is 0 Å². The fourth-order valence-electron chi connectivity index (χ4n) is 1.81. The lowest BCUT2D eigenvalue weighted by Gasteiger charge is -2.09. The normalized spacial score (nSPS) is 10.6. The maximum Gasteiger partial charge on any atom is 0.220 e. The van der Waals surface area contributed by atoms with E-state index in [-0.39, 0.29) is 5.91 Å². The lowest BCUT2D eigenvalue weighted by atomic mass is 10.1. The van der Waals surface area contributed by atoms with Crippen molar-refractivity contribution >= 4 is 5.91 Å². The van der Waals surface area contributed by atoms with Crippen LogP contribution in [-0.4, -0.2) is 38.0 Å². The topological polar surface area (TPSA) is 32.3 Å². The molecule has 3 nitrogen and oxygen atoms in total. The SMILES string of the molecule is CN(C)CCCNC(=O)CCCc1ccccc1. The largest absolute Gasteiger partial charge is 0.356 e. The average Bonchev–Trinajstić information content (AvgIpc) is 2.36. The van der Waals surface area contributed by atoms with Gasteiger partial charge in [0.25, 0.3) is 0 Å². The standard InChI is InChI=1S/C15H24N2O/c1-17(2)13-7-12-16-15(18)11-6-10-14-8-4-3-5-9-14/h3-5,8-9H,6-7,10-13H2,1-2H3,(H,16,18). The second kappa shape index (κ2) is 8.70. The second-order valence-corrected chi connectivity index (χ2v) is 4.85. The lowest BCUT2D eigenvalue weighted by Crippen LogP contribution is -2.26. The number of hydrogen-bond acceptors (Lipinski definition) is 2. The maximum absolute atomic E-state index is 11.6. The van der Waals surface area contributed by atoms with Gasteiger partial charge in [0, 0.05) is 13.0 Å². The van der Waals surface area contributed by atoms with Crippen molar-refractivity contribution in [2.75, 3.05) is 27.2 Å². The van der Waals surface area contributed by atoms with Crippen LogP contribution in [0.15, 0.2) is 30.3 Å². The summed E-state index contributed by atoms with van der Waals surface area (Å²) in [5.74, 6) is 0.171. The van der Waals surface area contributed by atoms with Crippen molar-refractivity contribution in [1.29, 1.82) is 0 Å². The highest BCUT2D eigenvalue weighted by Crippen LogP contribution is 2.04. The van der Waals surface area contributed by atoms with E-state index in [2.05, 4.69) is 22.3 Å². The van der Waals surface area contributed by atoms with E-state index in [1.807, 2.05) is 32.3 Å². The van der Waals surface area contributed by atoms with E-state index in [4.69, 9.17) is 0 Å². The van der Waals surface area contributed by atoms with E-state index in [0.717, 1.165) is 32.4 Å². The molecule has 0 fully saturated rings. The monoisotopic (exact) mass is 248 g/mol. The predicted octanol–water partition coefficient (Wildman–Crippen LogP) is 2.08. The Labute approximate surface area is 110 Å². The first-order chi connectivity index (χ1) is 8.68. The molecule has 0 aliphatic rings. The molecule has 1 aromatic carbocycles. The quantitative estimate of drug-likeness (QED) is 0.714. The molecule has 0 bridgehead atoms. The van der Waals surface area contributed by atoms with Crippen molar-refractivity contribution in [1.82, 2.24) is 10.2 Å². The molecule has 0 spiro atoms. The average molecular weight is 248 g/mol. The van der Waals surface area contributed by atoms with Crippen LogP contribution in [0.2, 0.25) is 0 Å². The van der Waals surface area contributed by atoms with Crippen LogP contribution in [-0.2, 0) is 11.2 Å². The van der Waals surface area contributed by atoms with Gasteiger partial charge in [0.2, 0.25) is 5.91 Å². The summed E-state index contributed by atoms with van der Waals surface area (Å²) in [6, 6.07) is 10.3. The number of nitrogens with zero attached hydrogens (tertiary/aromatic N) is 1. The Balaban J connectivity index is 2.03. The number of carbonyl (C=O) groups excluding carboxylic acids is 1. The Hall–Kier alpha value is -1.35. The van der Waals surface area contributed by atoms with Gasteiger partial charge in [-0.05, 0) is 45.5 Å². The third kappa shape index (κ3) is 7.07. The summed E-state index contributed by atoms with van der Waals surface area (Å²) in [4.78, 5) is 13.7. The number of amides is 1. The Morgan fingerprint density at radius 3 is 2.56 bits per heavy atom. The number of rotatable bonds is 8. The van der Waals surface area contributed by atoms with Crippen molar-refractivity contribution in [3.63, 3.8) is 0 Å². The van der Waals surface area contributed by atoms with Crippen LogP contribution in [0.1, 0.15) is 24.8 Å². The Bertz CT molecular complexity index is 336. The molecule has 0 aromatic heterocycles. The molecule has 0 aliphatic carbocycles. The molecule has 1 aromatic rings. The van der Waals surface area contributed by atoms with Crippen LogP contribution in [0.5, 0.6) is 0 Å². The summed E-state index contributed by atoms with van der Waals surface area (Å²) >= 11 is 0. The third-order valence-corrected chi connectivity index (χ3v) is 2.82. The molecule has 0 radical (unpaired) electrons. The molecule has 0 heterocycles. The molecule has 100 valence electrons. The molecular weight excluding hydrogens is 224 g/mol. The Morgan fingerprint density at radius 2 is 1.89 bits per heavy atom. The van der Waals surface area contributed by atoms with E-state index in [9.17, 15) is 4.79 Å². The summed E-state index contributed by atoms with van der Waals surface area (Å²) in [7, 11) is 4.09. The minimum absolute atomic E-state index is 0.171. The Kier molecular flexibility index (Phi) is 7.11. The predicted molar refractivity (Wildman–Crippen MR) is 75.6 cm³/mol. The first kappa shape index (κ1) is 14.7. The van der Waals surface area contributed by atoms with E-state index in [1.54, 1.807) is 0 Å². The van der Waals surface area contributed by atoms with E-state index in [1.165, 1.54) is 5.56 Å². The van der Waals surface area contributed by atoms with E-state index >= 15 is 0 Å². The molecule has 3 heteroatoms. The number of benzene rings is 1. The van der Waals surface area contributed by atoms with Crippen LogP contribution in [0.4, 0.5) is 0 Å². The highest BCUT2D eigenvalue weighted by atomic mass is 16.1. The molecule has 1 N–H and O–H groups in total. The van der Waals surface area contributed by atoms with Crippen LogP contribution < -0.4 is 5.32 Å². The van der Waals surface area contributed by atoms with Gasteiger partial charge in [0.05, 0.1) is 0 Å². The van der Waals surface area contributed by atoms with Crippen molar-refractivity contribution in [2.45, 2.75) is 25.7 Å². The van der Waals surface area contributed by atoms with Gasteiger partial charge in [-0.3, -0.25) is 4.79 Å². The van der Waals surface area contributed by atoms with E-state index < -0.39 is 0 Å². The zero-order chi connectivity index (χ0) is 13.2. The smallest absolute Gasteiger partial charge is 0.220 e. The van der Waals surface area contributed by atoms with Crippen molar-refractivity contribution in [3.05, 3.63) is 35.9 Å². The molecule has 1 rings (SSSR count). The van der Waals surface area contributed by atoms with Gasteiger partial charge in [0.1, 0.15) is 0 Å². The second-order valence-electron chi connectivity index (χ2n) is 4.85. The zero-order valence-electron chi connectivity index (χ0n) is 11.5. The summed E-state index contributed by atoms with van der Waals surface area (Å²) in [6.45, 7) is 1.80. The number of hydrogen-bond donors (Lipinski definition) is 1. The number of aryl methyl sites for hydroxylation is 1. The summed E-state index contributed by atoms with van der Waals surface area (Å²) < 4.78 is 0. The number of nitrogens with one attached hydrogen (secondary N) is 1. The fraction of sp³-hybridized carbons (Fsp3) is 0.533. The van der Waals surface area contributed by atoms with E-state index in [0.29, 0.717) is 6.42 Å². The molecule has 18 heavy (non-hydrogen) atoms. The van der Waals surface area contributed by atoms with Crippen molar-refractivity contribution in [2.24, 2.45) is 0 Å². The van der Waals surface area contributed by atoms with Crippen molar-refractivity contribution < 1.29 is 4.79 Å². The highest BCUT2D eigenvalue weighted by Gasteiger charge is 2.01. The minimum atomic E-state index is 0.171. The van der Waals surface area contributed by atoms with Gasteiger partial charge in [-0.25, -0.2) is 0 Å². The lowest BCUT2D eigenvalue weighted by molar-refractivity contribution is -0.121. The van der Waals surface area contributed by atoms with Gasteiger partial charge >= 0.3 is 0 Å². The van der Waals surface area contributed by atoms with Gasteiger partial charge in [0.15, 0.2) is 0 Å². The van der Waals surface area contributed by atoms with Gasteiger partial charge in [-0.15, -0.1) is 0 Å². The number of carbonyl (C=O) groups is 1. The van der Waals surface area contributed by atoms with Crippen LogP contribution in [0.25, 0.3) is 0 Å². The molecule has 0 saturated carbocycles. The fourth-order valence-corrected chi connectivity index (χ4v) is 1.81. The minimum Gasteiger partial charge on any atom is -0.356 e. The molecular formula is C15H24N2O. The molecule has 0 saturated heterocycles. The Morgan fingerprint density at radius 1 is 1.17 bits per heavy atom. The van der Waals surface area contributed by atoms with Gasteiger partial charge in [-0.1, -0.05) is 30.3 Å². The molecule has 0 atom stereocenters. The van der Waals surface area contributed by atoms with Gasteiger partial charge in [-0.2, -0.15) is 0 Å². The highest BCUT2D eigenvalue weighted by molar-refractivity contribution is 5.75. The molecule has 0 aliphatic heterocycles. The van der Waals surface area contributed by atoms with Crippen LogP contribution >= 0.6 is 0 Å². The summed E-state index contributed by atoms with van der Waals surface area (Å²) in [6.07, 6.45) is 3.53. The summed E-state index contributed by atoms with van der Waals surface area (Å²) in [5, 5.41) is 2.96. The molecule has 0 unspecified atom stereocenters. The maximum atomic E-state index is 11.6. The van der Waals surface area contributed by atoms with Crippen molar-refractivity contribution in [3.8, 4) is 0 Å². The zero-order valence-corrected chi connectivity index (χ0v) is 11.5. The van der Waals surface area contributed by atoms with Crippen LogP contribution in [0.3, 0.4) is 0 Å².